The minimum atomic E-state index is -0.633. The summed E-state index contributed by atoms with van der Waals surface area (Å²) in [7, 11) is 0. The summed E-state index contributed by atoms with van der Waals surface area (Å²) in [4.78, 5) is 24.3. The second-order valence-corrected chi connectivity index (χ2v) is 4.79. The van der Waals surface area contributed by atoms with Gasteiger partial charge in [-0.15, -0.1) is 0 Å². The second kappa shape index (κ2) is 6.20. The second-order valence-electron chi connectivity index (χ2n) is 4.00. The number of primary amides is 1. The molecule has 2 atom stereocenters. The maximum atomic E-state index is 11.8. The molecule has 6 heteroatoms. The lowest BCUT2D eigenvalue weighted by molar-refractivity contribution is -0.137. The predicted octanol–water partition coefficient (Wildman–Crippen LogP) is -0.00130. The summed E-state index contributed by atoms with van der Waals surface area (Å²) in [5.41, 5.74) is 5.19. The Hall–Kier alpha value is -0.620. The minimum absolute atomic E-state index is 0.0960. The molecule has 0 aromatic carbocycles. The highest BCUT2D eigenvalue weighted by Crippen LogP contribution is 2.19. The number of hydrogen-bond acceptors (Lipinski definition) is 3. The fraction of sp³-hybridized carbons (Fsp3) is 0.800. The van der Waals surface area contributed by atoms with Gasteiger partial charge in [-0.1, -0.05) is 15.9 Å². The number of nitrogens with zero attached hydrogens (tertiary/aromatic N) is 1. The van der Waals surface area contributed by atoms with Crippen molar-refractivity contribution in [2.75, 3.05) is 11.9 Å². The smallest absolute Gasteiger partial charge is 0.240 e. The van der Waals surface area contributed by atoms with E-state index in [-0.39, 0.29) is 18.9 Å². The number of aliphatic hydroxyl groups excluding tert-OH is 1. The Kier molecular flexibility index (Phi) is 5.21. The summed E-state index contributed by atoms with van der Waals surface area (Å²) in [5, 5.41) is 10.3. The van der Waals surface area contributed by atoms with Crippen molar-refractivity contribution in [2.24, 2.45) is 5.73 Å². The SMILES string of the molecule is NC(=O)C1CC(O)CN1C(=O)CCCCBr. The van der Waals surface area contributed by atoms with Crippen LogP contribution >= 0.6 is 15.9 Å². The maximum Gasteiger partial charge on any atom is 0.240 e. The zero-order chi connectivity index (χ0) is 12.1. The van der Waals surface area contributed by atoms with Crippen molar-refractivity contribution in [3.8, 4) is 0 Å². The lowest BCUT2D eigenvalue weighted by Crippen LogP contribution is -2.43. The van der Waals surface area contributed by atoms with E-state index in [9.17, 15) is 14.7 Å². The summed E-state index contributed by atoms with van der Waals surface area (Å²) >= 11 is 3.29. The molecule has 0 bridgehead atoms. The molecule has 92 valence electrons. The topological polar surface area (TPSA) is 83.6 Å². The highest BCUT2D eigenvalue weighted by Gasteiger charge is 2.37. The van der Waals surface area contributed by atoms with Crippen LogP contribution in [-0.4, -0.2) is 45.8 Å². The first-order valence-electron chi connectivity index (χ1n) is 5.39. The minimum Gasteiger partial charge on any atom is -0.391 e. The summed E-state index contributed by atoms with van der Waals surface area (Å²) in [6.07, 6.45) is 1.74. The number of rotatable bonds is 5. The van der Waals surface area contributed by atoms with Gasteiger partial charge in [0.1, 0.15) is 6.04 Å². The molecule has 1 fully saturated rings. The number of alkyl halides is 1. The number of hydrogen-bond donors (Lipinski definition) is 2. The monoisotopic (exact) mass is 292 g/mol. The number of amides is 2. The lowest BCUT2D eigenvalue weighted by Gasteiger charge is -2.21. The molecule has 0 aliphatic carbocycles. The molecule has 2 amide bonds. The van der Waals surface area contributed by atoms with Gasteiger partial charge in [-0.2, -0.15) is 0 Å². The van der Waals surface area contributed by atoms with Gasteiger partial charge in [0.15, 0.2) is 0 Å². The molecule has 0 aromatic heterocycles. The van der Waals surface area contributed by atoms with Crippen LogP contribution in [0.3, 0.4) is 0 Å². The number of nitrogens with two attached hydrogens (primary N) is 1. The Balaban J connectivity index is 2.50. The first-order chi connectivity index (χ1) is 7.56. The number of unbranched alkanes of at least 4 members (excludes halogenated alkanes) is 1. The van der Waals surface area contributed by atoms with Gasteiger partial charge >= 0.3 is 0 Å². The number of carbonyl (C=O) groups excluding carboxylic acids is 2. The van der Waals surface area contributed by atoms with Gasteiger partial charge in [0.25, 0.3) is 0 Å². The van der Waals surface area contributed by atoms with Crippen LogP contribution in [0.2, 0.25) is 0 Å². The lowest BCUT2D eigenvalue weighted by atomic mass is 10.2. The van der Waals surface area contributed by atoms with Gasteiger partial charge in [0.05, 0.1) is 6.10 Å². The number of halogens is 1. The van der Waals surface area contributed by atoms with Gasteiger partial charge in [0.2, 0.25) is 11.8 Å². The third-order valence-corrected chi connectivity index (χ3v) is 3.26. The first-order valence-corrected chi connectivity index (χ1v) is 6.51. The van der Waals surface area contributed by atoms with Crippen LogP contribution in [0.25, 0.3) is 0 Å². The number of β-amino-alcohol motifs (C(OH)–C–C–N with tert-alkyl or cyclic N) is 1. The quantitative estimate of drug-likeness (QED) is 0.553. The molecule has 1 heterocycles. The number of likely N-dealkylation sites (tertiary alicyclic amines) is 1. The zero-order valence-electron chi connectivity index (χ0n) is 9.06. The molecule has 0 saturated carbocycles. The highest BCUT2D eigenvalue weighted by molar-refractivity contribution is 9.09. The van der Waals surface area contributed by atoms with Crippen molar-refractivity contribution in [3.63, 3.8) is 0 Å². The molecule has 1 rings (SSSR count). The number of carbonyl (C=O) groups is 2. The molecule has 0 spiro atoms. The Morgan fingerprint density at radius 3 is 2.69 bits per heavy atom. The molecule has 0 aromatic rings. The van der Waals surface area contributed by atoms with Gasteiger partial charge < -0.3 is 15.7 Å². The van der Waals surface area contributed by atoms with E-state index < -0.39 is 18.1 Å². The third kappa shape index (κ3) is 3.45. The fourth-order valence-corrected chi connectivity index (χ4v) is 2.27. The average Bonchev–Trinajstić information content (AvgIpc) is 2.61. The first kappa shape index (κ1) is 13.4. The van der Waals surface area contributed by atoms with Crippen molar-refractivity contribution < 1.29 is 14.7 Å². The molecule has 1 saturated heterocycles. The Bertz CT molecular complexity index is 273. The highest BCUT2D eigenvalue weighted by atomic mass is 79.9. The Morgan fingerprint density at radius 2 is 2.12 bits per heavy atom. The van der Waals surface area contributed by atoms with E-state index in [0.29, 0.717) is 6.42 Å². The summed E-state index contributed by atoms with van der Waals surface area (Å²) in [5.74, 6) is -0.633. The maximum absolute atomic E-state index is 11.8. The number of aliphatic hydroxyl groups is 1. The van der Waals surface area contributed by atoms with Crippen LogP contribution in [0.5, 0.6) is 0 Å². The van der Waals surface area contributed by atoms with Gasteiger partial charge in [0, 0.05) is 24.7 Å². The summed E-state index contributed by atoms with van der Waals surface area (Å²) < 4.78 is 0. The van der Waals surface area contributed by atoms with Crippen LogP contribution in [0, 0.1) is 0 Å². The Labute approximate surface area is 103 Å². The van der Waals surface area contributed by atoms with E-state index in [4.69, 9.17) is 5.73 Å². The largest absolute Gasteiger partial charge is 0.391 e. The van der Waals surface area contributed by atoms with Crippen LogP contribution in [0.15, 0.2) is 0 Å². The normalized spacial score (nSPS) is 24.8. The van der Waals surface area contributed by atoms with Crippen LogP contribution < -0.4 is 5.73 Å². The molecular weight excluding hydrogens is 276 g/mol. The average molecular weight is 293 g/mol. The van der Waals surface area contributed by atoms with E-state index in [1.54, 1.807) is 0 Å². The Morgan fingerprint density at radius 1 is 1.44 bits per heavy atom. The molecule has 0 radical (unpaired) electrons. The molecule has 5 nitrogen and oxygen atoms in total. The zero-order valence-corrected chi connectivity index (χ0v) is 10.6. The van der Waals surface area contributed by atoms with Crippen molar-refractivity contribution in [2.45, 2.75) is 37.8 Å². The van der Waals surface area contributed by atoms with Crippen molar-refractivity contribution in [3.05, 3.63) is 0 Å². The molecule has 1 aliphatic heterocycles. The van der Waals surface area contributed by atoms with Crippen LogP contribution in [0.4, 0.5) is 0 Å². The standard InChI is InChI=1S/C10H17BrN2O3/c11-4-2-1-3-9(15)13-6-7(14)5-8(13)10(12)16/h7-8,14H,1-6H2,(H2,12,16). The van der Waals surface area contributed by atoms with Crippen molar-refractivity contribution in [1.29, 1.82) is 0 Å². The van der Waals surface area contributed by atoms with Gasteiger partial charge in [-0.05, 0) is 12.8 Å². The molecule has 1 aliphatic rings. The van der Waals surface area contributed by atoms with E-state index in [2.05, 4.69) is 15.9 Å². The van der Waals surface area contributed by atoms with Crippen molar-refractivity contribution >= 4 is 27.7 Å². The van der Waals surface area contributed by atoms with Gasteiger partial charge in [-0.3, -0.25) is 9.59 Å². The van der Waals surface area contributed by atoms with E-state index in [1.165, 1.54) is 4.90 Å². The molecular formula is C10H17BrN2O3. The molecule has 2 unspecified atom stereocenters. The summed E-state index contributed by atoms with van der Waals surface area (Å²) in [6.45, 7) is 0.223. The predicted molar refractivity (Wildman–Crippen MR) is 63.0 cm³/mol. The van der Waals surface area contributed by atoms with E-state index in [0.717, 1.165) is 18.2 Å². The van der Waals surface area contributed by atoms with Crippen LogP contribution in [0.1, 0.15) is 25.7 Å². The molecule has 3 N–H and O–H groups in total. The van der Waals surface area contributed by atoms with Crippen LogP contribution in [-0.2, 0) is 9.59 Å². The van der Waals surface area contributed by atoms with E-state index in [1.807, 2.05) is 0 Å². The fourth-order valence-electron chi connectivity index (χ4n) is 1.87. The van der Waals surface area contributed by atoms with Crippen molar-refractivity contribution in [1.82, 2.24) is 4.90 Å². The van der Waals surface area contributed by atoms with E-state index >= 15 is 0 Å². The molecule has 16 heavy (non-hydrogen) atoms. The summed E-state index contributed by atoms with van der Waals surface area (Å²) in [6, 6.07) is -0.633. The third-order valence-electron chi connectivity index (χ3n) is 2.70. The van der Waals surface area contributed by atoms with Gasteiger partial charge in [-0.25, -0.2) is 0 Å².